The number of anilines is 1. The van der Waals surface area contributed by atoms with Crippen LogP contribution in [-0.2, 0) is 11.2 Å². The zero-order valence-corrected chi connectivity index (χ0v) is 10.9. The van der Waals surface area contributed by atoms with Crippen LogP contribution in [0.4, 0.5) is 5.69 Å². The first-order valence-corrected chi connectivity index (χ1v) is 6.82. The summed E-state index contributed by atoms with van der Waals surface area (Å²) in [6, 6.07) is 5.37. The Kier molecular flexibility index (Phi) is 3.33. The molecule has 0 atom stereocenters. The van der Waals surface area contributed by atoms with Gasteiger partial charge in [-0.25, -0.2) is 4.98 Å². The number of hydrogen-bond donors (Lipinski definition) is 1. The number of hydrogen-bond acceptors (Lipinski definition) is 5. The second-order valence-electron chi connectivity index (χ2n) is 4.06. The molecule has 1 aliphatic rings. The molecule has 1 aromatic carbocycles. The highest BCUT2D eigenvalue weighted by molar-refractivity contribution is 7.07. The summed E-state index contributed by atoms with van der Waals surface area (Å²) in [5.41, 5.74) is 3.19. The largest absolute Gasteiger partial charge is 0.486 e. The number of benzene rings is 1. The molecule has 0 saturated heterocycles. The highest BCUT2D eigenvalue weighted by atomic mass is 32.1. The third-order valence-corrected chi connectivity index (χ3v) is 3.29. The molecular formula is C13H12N2O3S. The Balaban J connectivity index is 1.67. The van der Waals surface area contributed by atoms with Crippen molar-refractivity contribution in [3.05, 3.63) is 34.8 Å². The van der Waals surface area contributed by atoms with Gasteiger partial charge in [-0.2, -0.15) is 0 Å². The Bertz CT molecular complexity index is 584. The Morgan fingerprint density at radius 3 is 2.95 bits per heavy atom. The molecule has 2 aromatic rings. The predicted molar refractivity (Wildman–Crippen MR) is 71.9 cm³/mol. The summed E-state index contributed by atoms with van der Waals surface area (Å²) in [6.07, 6.45) is 0.276. The maximum Gasteiger partial charge on any atom is 0.230 e. The second-order valence-corrected chi connectivity index (χ2v) is 4.78. The van der Waals surface area contributed by atoms with Crippen molar-refractivity contribution in [3.8, 4) is 11.5 Å². The molecule has 0 spiro atoms. The van der Waals surface area contributed by atoms with Crippen molar-refractivity contribution in [2.75, 3.05) is 18.5 Å². The summed E-state index contributed by atoms with van der Waals surface area (Å²) in [5, 5.41) is 4.68. The molecule has 0 bridgehead atoms. The third kappa shape index (κ3) is 2.85. The van der Waals surface area contributed by atoms with Crippen LogP contribution in [0, 0.1) is 0 Å². The van der Waals surface area contributed by atoms with Crippen molar-refractivity contribution < 1.29 is 14.3 Å². The van der Waals surface area contributed by atoms with Crippen molar-refractivity contribution in [1.82, 2.24) is 4.98 Å². The summed E-state index contributed by atoms with van der Waals surface area (Å²) in [7, 11) is 0. The molecule has 0 aliphatic carbocycles. The molecule has 98 valence electrons. The van der Waals surface area contributed by atoms with E-state index in [1.54, 1.807) is 23.7 Å². The molecule has 1 aliphatic heterocycles. The second kappa shape index (κ2) is 5.27. The predicted octanol–water partition coefficient (Wildman–Crippen LogP) is 2.10. The third-order valence-electron chi connectivity index (χ3n) is 2.65. The average Bonchev–Trinajstić information content (AvgIpc) is 2.91. The quantitative estimate of drug-likeness (QED) is 0.932. The van der Waals surface area contributed by atoms with Crippen LogP contribution in [0.2, 0.25) is 0 Å². The smallest absolute Gasteiger partial charge is 0.230 e. The molecule has 6 heteroatoms. The number of nitrogens with zero attached hydrogens (tertiary/aromatic N) is 1. The van der Waals surface area contributed by atoms with Gasteiger partial charge in [0.15, 0.2) is 11.5 Å². The lowest BCUT2D eigenvalue weighted by molar-refractivity contribution is -0.115. The highest BCUT2D eigenvalue weighted by Gasteiger charge is 2.13. The normalized spacial score (nSPS) is 13.1. The molecule has 3 rings (SSSR count). The molecule has 0 saturated carbocycles. The first-order chi connectivity index (χ1) is 9.31. The van der Waals surface area contributed by atoms with Gasteiger partial charge >= 0.3 is 0 Å². The number of ether oxygens (including phenoxy) is 2. The zero-order valence-electron chi connectivity index (χ0n) is 10.1. The zero-order chi connectivity index (χ0) is 13.1. The van der Waals surface area contributed by atoms with Crippen LogP contribution in [0.15, 0.2) is 29.1 Å². The fourth-order valence-electron chi connectivity index (χ4n) is 1.82. The number of carbonyl (C=O) groups is 1. The van der Waals surface area contributed by atoms with E-state index in [1.807, 2.05) is 5.38 Å². The average molecular weight is 276 g/mol. The summed E-state index contributed by atoms with van der Waals surface area (Å²) in [4.78, 5) is 15.9. The molecule has 0 fully saturated rings. The Morgan fingerprint density at radius 1 is 1.32 bits per heavy atom. The van der Waals surface area contributed by atoms with Crippen LogP contribution in [0.3, 0.4) is 0 Å². The molecule has 5 nitrogen and oxygen atoms in total. The SMILES string of the molecule is O=C(Cc1cscn1)Nc1ccc2c(c1)OCCO2. The van der Waals surface area contributed by atoms with E-state index in [9.17, 15) is 4.79 Å². The van der Waals surface area contributed by atoms with E-state index in [2.05, 4.69) is 10.3 Å². The van der Waals surface area contributed by atoms with Gasteiger partial charge < -0.3 is 14.8 Å². The fourth-order valence-corrected chi connectivity index (χ4v) is 2.37. The maximum absolute atomic E-state index is 11.8. The van der Waals surface area contributed by atoms with Gasteiger partial charge in [0, 0.05) is 17.1 Å². The summed E-state index contributed by atoms with van der Waals surface area (Å²) >= 11 is 1.48. The minimum atomic E-state index is -0.0948. The standard InChI is InChI=1S/C13H12N2O3S/c16-13(6-10-7-19-8-14-10)15-9-1-2-11-12(5-9)18-4-3-17-11/h1-2,5,7-8H,3-4,6H2,(H,15,16). The van der Waals surface area contributed by atoms with Gasteiger partial charge in [-0.05, 0) is 12.1 Å². The number of amides is 1. The number of thiazole rings is 1. The van der Waals surface area contributed by atoms with Crippen LogP contribution in [0.5, 0.6) is 11.5 Å². The van der Waals surface area contributed by atoms with Crippen LogP contribution in [0.25, 0.3) is 0 Å². The minimum Gasteiger partial charge on any atom is -0.486 e. The Labute approximate surface area is 114 Å². The highest BCUT2D eigenvalue weighted by Crippen LogP contribution is 2.32. The van der Waals surface area contributed by atoms with E-state index in [-0.39, 0.29) is 12.3 Å². The first kappa shape index (κ1) is 12.0. The lowest BCUT2D eigenvalue weighted by Gasteiger charge is -2.18. The van der Waals surface area contributed by atoms with Gasteiger partial charge in [0.1, 0.15) is 13.2 Å². The topological polar surface area (TPSA) is 60.5 Å². The van der Waals surface area contributed by atoms with Crippen LogP contribution >= 0.6 is 11.3 Å². The van der Waals surface area contributed by atoms with Gasteiger partial charge in [-0.1, -0.05) is 0 Å². The van der Waals surface area contributed by atoms with E-state index in [4.69, 9.17) is 9.47 Å². The molecule has 1 amide bonds. The van der Waals surface area contributed by atoms with Gasteiger partial charge in [0.05, 0.1) is 17.6 Å². The Morgan fingerprint density at radius 2 is 2.16 bits per heavy atom. The Hall–Kier alpha value is -2.08. The van der Waals surface area contributed by atoms with Crippen molar-refractivity contribution in [2.45, 2.75) is 6.42 Å². The van der Waals surface area contributed by atoms with E-state index < -0.39 is 0 Å². The van der Waals surface area contributed by atoms with Crippen molar-refractivity contribution in [2.24, 2.45) is 0 Å². The molecule has 0 radical (unpaired) electrons. The number of aromatic nitrogens is 1. The van der Waals surface area contributed by atoms with Crippen LogP contribution in [0.1, 0.15) is 5.69 Å². The molecular weight excluding hydrogens is 264 g/mol. The number of carbonyl (C=O) groups excluding carboxylic acids is 1. The van der Waals surface area contributed by atoms with Gasteiger partial charge in [-0.3, -0.25) is 4.79 Å². The molecule has 1 N–H and O–H groups in total. The molecule has 2 heterocycles. The van der Waals surface area contributed by atoms with E-state index in [0.717, 1.165) is 5.69 Å². The minimum absolute atomic E-state index is 0.0948. The summed E-state index contributed by atoms with van der Waals surface area (Å²) in [5.74, 6) is 1.28. The van der Waals surface area contributed by atoms with Crippen molar-refractivity contribution in [3.63, 3.8) is 0 Å². The lowest BCUT2D eigenvalue weighted by Crippen LogP contribution is -2.17. The lowest BCUT2D eigenvalue weighted by atomic mass is 10.2. The molecule has 0 unspecified atom stereocenters. The molecule has 19 heavy (non-hydrogen) atoms. The van der Waals surface area contributed by atoms with Crippen molar-refractivity contribution >= 4 is 22.9 Å². The summed E-state index contributed by atoms with van der Waals surface area (Å²) < 4.78 is 10.9. The van der Waals surface area contributed by atoms with Gasteiger partial charge in [0.25, 0.3) is 0 Å². The first-order valence-electron chi connectivity index (χ1n) is 5.88. The maximum atomic E-state index is 11.8. The number of fused-ring (bicyclic) bond motifs is 1. The molecule has 1 aromatic heterocycles. The van der Waals surface area contributed by atoms with E-state index >= 15 is 0 Å². The number of rotatable bonds is 3. The van der Waals surface area contributed by atoms with Gasteiger partial charge in [0.2, 0.25) is 5.91 Å². The van der Waals surface area contributed by atoms with Crippen LogP contribution < -0.4 is 14.8 Å². The monoisotopic (exact) mass is 276 g/mol. The fraction of sp³-hybridized carbons (Fsp3) is 0.231. The van der Waals surface area contributed by atoms with E-state index in [1.165, 1.54) is 11.3 Å². The number of nitrogens with one attached hydrogen (secondary N) is 1. The van der Waals surface area contributed by atoms with Crippen LogP contribution in [-0.4, -0.2) is 24.1 Å². The summed E-state index contributed by atoms with van der Waals surface area (Å²) in [6.45, 7) is 1.09. The van der Waals surface area contributed by atoms with E-state index in [0.29, 0.717) is 30.4 Å². The van der Waals surface area contributed by atoms with Gasteiger partial charge in [-0.15, -0.1) is 11.3 Å². The van der Waals surface area contributed by atoms with Crippen molar-refractivity contribution in [1.29, 1.82) is 0 Å².